The number of carbonyl (C=O) groups excluding carboxylic acids is 1. The van der Waals surface area contributed by atoms with Crippen molar-refractivity contribution in [3.8, 4) is 0 Å². The molecule has 1 heterocycles. The van der Waals surface area contributed by atoms with Gasteiger partial charge in [-0.3, -0.25) is 9.69 Å². The first-order valence-electron chi connectivity index (χ1n) is 8.51. The van der Waals surface area contributed by atoms with Gasteiger partial charge in [0.2, 0.25) is 0 Å². The Morgan fingerprint density at radius 2 is 1.71 bits per heavy atom. The van der Waals surface area contributed by atoms with Crippen molar-refractivity contribution in [3.05, 3.63) is 71.5 Å². The van der Waals surface area contributed by atoms with Gasteiger partial charge in [-0.1, -0.05) is 30.3 Å². The third kappa shape index (κ3) is 4.65. The lowest BCUT2D eigenvalue weighted by molar-refractivity contribution is 0.0935. The van der Waals surface area contributed by atoms with Gasteiger partial charge in [0.05, 0.1) is 0 Å². The van der Waals surface area contributed by atoms with E-state index in [1.807, 2.05) is 6.07 Å². The van der Waals surface area contributed by atoms with Crippen LogP contribution in [0.1, 0.15) is 28.8 Å². The Hall–Kier alpha value is -2.20. The van der Waals surface area contributed by atoms with Crippen LogP contribution in [0.3, 0.4) is 0 Å². The minimum absolute atomic E-state index is 0.123. The largest absolute Gasteiger partial charge is 0.352 e. The fraction of sp³-hybridized carbons (Fsp3) is 0.350. The SMILES string of the molecule is O=C(NCC1CCN(Cc2ccccc2)CC1)c1ccc(F)cc1. The van der Waals surface area contributed by atoms with Crippen molar-refractivity contribution in [2.24, 2.45) is 5.92 Å². The Morgan fingerprint density at radius 3 is 2.38 bits per heavy atom. The number of carbonyl (C=O) groups is 1. The van der Waals surface area contributed by atoms with E-state index in [0.717, 1.165) is 32.5 Å². The van der Waals surface area contributed by atoms with Crippen LogP contribution in [0.25, 0.3) is 0 Å². The summed E-state index contributed by atoms with van der Waals surface area (Å²) in [5.41, 5.74) is 1.86. The minimum Gasteiger partial charge on any atom is -0.352 e. The lowest BCUT2D eigenvalue weighted by Gasteiger charge is -2.32. The van der Waals surface area contributed by atoms with Crippen LogP contribution in [0.5, 0.6) is 0 Å². The Morgan fingerprint density at radius 1 is 1.04 bits per heavy atom. The number of likely N-dealkylation sites (tertiary alicyclic amines) is 1. The molecule has 0 aromatic heterocycles. The fourth-order valence-corrected chi connectivity index (χ4v) is 3.13. The maximum atomic E-state index is 12.9. The van der Waals surface area contributed by atoms with Gasteiger partial charge in [-0.25, -0.2) is 4.39 Å². The molecule has 0 spiro atoms. The van der Waals surface area contributed by atoms with E-state index in [-0.39, 0.29) is 11.7 Å². The second-order valence-electron chi connectivity index (χ2n) is 6.42. The summed E-state index contributed by atoms with van der Waals surface area (Å²) in [6.07, 6.45) is 2.19. The van der Waals surface area contributed by atoms with E-state index in [9.17, 15) is 9.18 Å². The molecule has 1 saturated heterocycles. The van der Waals surface area contributed by atoms with Crippen molar-refractivity contribution >= 4 is 5.91 Å². The zero-order valence-corrected chi connectivity index (χ0v) is 13.7. The predicted molar refractivity (Wildman–Crippen MR) is 93.2 cm³/mol. The van der Waals surface area contributed by atoms with Crippen LogP contribution < -0.4 is 5.32 Å². The number of nitrogens with zero attached hydrogens (tertiary/aromatic N) is 1. The van der Waals surface area contributed by atoms with Crippen molar-refractivity contribution in [1.29, 1.82) is 0 Å². The Labute approximate surface area is 142 Å². The summed E-state index contributed by atoms with van der Waals surface area (Å²) in [5, 5.41) is 2.97. The Bertz CT molecular complexity index is 649. The molecule has 3 rings (SSSR count). The average molecular weight is 326 g/mol. The van der Waals surface area contributed by atoms with Gasteiger partial charge in [0.1, 0.15) is 5.82 Å². The average Bonchev–Trinajstić information content (AvgIpc) is 2.62. The summed E-state index contributed by atoms with van der Waals surface area (Å²) >= 11 is 0. The van der Waals surface area contributed by atoms with Crippen molar-refractivity contribution in [2.75, 3.05) is 19.6 Å². The number of halogens is 1. The van der Waals surface area contributed by atoms with E-state index in [4.69, 9.17) is 0 Å². The van der Waals surface area contributed by atoms with Gasteiger partial charge in [-0.15, -0.1) is 0 Å². The number of benzene rings is 2. The van der Waals surface area contributed by atoms with Gasteiger partial charge in [0.25, 0.3) is 5.91 Å². The molecule has 0 unspecified atom stereocenters. The quantitative estimate of drug-likeness (QED) is 0.912. The molecule has 126 valence electrons. The molecular weight excluding hydrogens is 303 g/mol. The summed E-state index contributed by atoms with van der Waals surface area (Å²) in [4.78, 5) is 14.5. The highest BCUT2D eigenvalue weighted by Crippen LogP contribution is 2.18. The van der Waals surface area contributed by atoms with E-state index >= 15 is 0 Å². The van der Waals surface area contributed by atoms with Crippen LogP contribution >= 0.6 is 0 Å². The fourth-order valence-electron chi connectivity index (χ4n) is 3.13. The van der Waals surface area contributed by atoms with E-state index in [1.165, 1.54) is 29.8 Å². The third-order valence-corrected chi connectivity index (χ3v) is 4.61. The van der Waals surface area contributed by atoms with Gasteiger partial charge in [0.15, 0.2) is 0 Å². The molecular formula is C20H23FN2O. The Balaban J connectivity index is 1.41. The number of nitrogens with one attached hydrogen (secondary N) is 1. The van der Waals surface area contributed by atoms with Crippen LogP contribution in [0, 0.1) is 11.7 Å². The van der Waals surface area contributed by atoms with Crippen LogP contribution in [0.2, 0.25) is 0 Å². The van der Waals surface area contributed by atoms with Gasteiger partial charge < -0.3 is 5.32 Å². The summed E-state index contributed by atoms with van der Waals surface area (Å²) in [5.74, 6) is 0.0699. The number of amides is 1. The van der Waals surface area contributed by atoms with Crippen LogP contribution in [0.4, 0.5) is 4.39 Å². The Kier molecular flexibility index (Phi) is 5.59. The molecule has 3 nitrogen and oxygen atoms in total. The summed E-state index contributed by atoms with van der Waals surface area (Å²) < 4.78 is 12.9. The molecule has 2 aromatic carbocycles. The van der Waals surface area contributed by atoms with E-state index in [0.29, 0.717) is 18.0 Å². The first-order chi connectivity index (χ1) is 11.7. The second-order valence-corrected chi connectivity index (χ2v) is 6.42. The van der Waals surface area contributed by atoms with Crippen molar-refractivity contribution < 1.29 is 9.18 Å². The molecule has 1 amide bonds. The topological polar surface area (TPSA) is 32.3 Å². The van der Waals surface area contributed by atoms with Gasteiger partial charge >= 0.3 is 0 Å². The molecule has 0 radical (unpaired) electrons. The first-order valence-corrected chi connectivity index (χ1v) is 8.51. The highest BCUT2D eigenvalue weighted by Gasteiger charge is 2.20. The zero-order chi connectivity index (χ0) is 16.8. The minimum atomic E-state index is -0.322. The van der Waals surface area contributed by atoms with Crippen molar-refractivity contribution in [3.63, 3.8) is 0 Å². The molecule has 4 heteroatoms. The van der Waals surface area contributed by atoms with Crippen LogP contribution in [-0.4, -0.2) is 30.4 Å². The molecule has 0 atom stereocenters. The van der Waals surface area contributed by atoms with E-state index in [1.54, 1.807) is 0 Å². The molecule has 1 N–H and O–H groups in total. The number of piperidine rings is 1. The van der Waals surface area contributed by atoms with Gasteiger partial charge in [-0.05, 0) is 61.7 Å². The van der Waals surface area contributed by atoms with Crippen molar-refractivity contribution in [1.82, 2.24) is 10.2 Å². The molecule has 24 heavy (non-hydrogen) atoms. The predicted octanol–water partition coefficient (Wildman–Crippen LogP) is 3.47. The monoisotopic (exact) mass is 326 g/mol. The molecule has 1 aliphatic heterocycles. The van der Waals surface area contributed by atoms with Crippen LogP contribution in [0.15, 0.2) is 54.6 Å². The summed E-state index contributed by atoms with van der Waals surface area (Å²) in [6.45, 7) is 3.81. The number of hydrogen-bond donors (Lipinski definition) is 1. The standard InChI is InChI=1S/C20H23FN2O/c21-19-8-6-18(7-9-19)20(24)22-14-16-10-12-23(13-11-16)15-17-4-2-1-3-5-17/h1-9,16H,10-15H2,(H,22,24). The third-order valence-electron chi connectivity index (χ3n) is 4.61. The van der Waals surface area contributed by atoms with E-state index < -0.39 is 0 Å². The maximum Gasteiger partial charge on any atom is 0.251 e. The molecule has 0 aliphatic carbocycles. The molecule has 1 fully saturated rings. The highest BCUT2D eigenvalue weighted by molar-refractivity contribution is 5.94. The molecule has 0 bridgehead atoms. The van der Waals surface area contributed by atoms with E-state index in [2.05, 4.69) is 34.5 Å². The molecule has 0 saturated carbocycles. The van der Waals surface area contributed by atoms with Crippen molar-refractivity contribution in [2.45, 2.75) is 19.4 Å². The first kappa shape index (κ1) is 16.7. The molecule has 1 aliphatic rings. The van der Waals surface area contributed by atoms with Gasteiger partial charge in [-0.2, -0.15) is 0 Å². The molecule has 2 aromatic rings. The maximum absolute atomic E-state index is 12.9. The number of rotatable bonds is 5. The summed E-state index contributed by atoms with van der Waals surface area (Å²) in [7, 11) is 0. The van der Waals surface area contributed by atoms with Gasteiger partial charge in [0, 0.05) is 18.7 Å². The zero-order valence-electron chi connectivity index (χ0n) is 13.7. The number of hydrogen-bond acceptors (Lipinski definition) is 2. The lowest BCUT2D eigenvalue weighted by atomic mass is 9.96. The second kappa shape index (κ2) is 8.06. The smallest absolute Gasteiger partial charge is 0.251 e. The van der Waals surface area contributed by atoms with Crippen LogP contribution in [-0.2, 0) is 6.54 Å². The normalized spacial score (nSPS) is 16.0. The lowest BCUT2D eigenvalue weighted by Crippen LogP contribution is -2.38. The summed E-state index contributed by atoms with van der Waals surface area (Å²) in [6, 6.07) is 16.2. The highest BCUT2D eigenvalue weighted by atomic mass is 19.1.